The zero-order chi connectivity index (χ0) is 11.1. The zero-order valence-electron chi connectivity index (χ0n) is 9.64. The second kappa shape index (κ2) is 3.37. The highest BCUT2D eigenvalue weighted by molar-refractivity contribution is 6.11. The van der Waals surface area contributed by atoms with Crippen LogP contribution in [0, 0.1) is 0 Å². The van der Waals surface area contributed by atoms with Crippen LogP contribution in [0.4, 0.5) is 0 Å². The van der Waals surface area contributed by atoms with E-state index in [2.05, 4.69) is 47.2 Å². The van der Waals surface area contributed by atoms with Gasteiger partial charge in [-0.1, -0.05) is 18.2 Å². The molecular weight excluding hydrogens is 198 g/mol. The van der Waals surface area contributed by atoms with Gasteiger partial charge in [0.1, 0.15) is 0 Å². The molecule has 82 valence electrons. The third-order valence-electron chi connectivity index (χ3n) is 3.17. The SMILES string of the molecule is CN1CCC(c2cn(C)c3ccccc23)=N1. The van der Waals surface area contributed by atoms with Crippen molar-refractivity contribution in [3.8, 4) is 0 Å². The molecule has 0 spiro atoms. The van der Waals surface area contributed by atoms with E-state index in [9.17, 15) is 0 Å². The monoisotopic (exact) mass is 213 g/mol. The van der Waals surface area contributed by atoms with Crippen LogP contribution in [-0.4, -0.2) is 28.9 Å². The van der Waals surface area contributed by atoms with Gasteiger partial charge in [-0.3, -0.25) is 5.01 Å². The van der Waals surface area contributed by atoms with Crippen molar-refractivity contribution in [2.75, 3.05) is 13.6 Å². The molecule has 0 bridgehead atoms. The number of para-hydroxylation sites is 1. The minimum Gasteiger partial charge on any atom is -0.350 e. The van der Waals surface area contributed by atoms with Gasteiger partial charge >= 0.3 is 0 Å². The van der Waals surface area contributed by atoms with E-state index in [-0.39, 0.29) is 0 Å². The van der Waals surface area contributed by atoms with Crippen molar-refractivity contribution in [2.24, 2.45) is 12.1 Å². The van der Waals surface area contributed by atoms with Crippen molar-refractivity contribution < 1.29 is 0 Å². The van der Waals surface area contributed by atoms with Gasteiger partial charge in [0.25, 0.3) is 0 Å². The smallest absolute Gasteiger partial charge is 0.0717 e. The standard InChI is InChI=1S/C13H15N3/c1-15-9-11(12-7-8-16(2)14-12)10-5-3-4-6-13(10)15/h3-6,9H,7-8H2,1-2H3. The van der Waals surface area contributed by atoms with Gasteiger partial charge in [0.15, 0.2) is 0 Å². The maximum Gasteiger partial charge on any atom is 0.0717 e. The Morgan fingerprint density at radius 1 is 1.19 bits per heavy atom. The molecule has 3 rings (SSSR count). The zero-order valence-corrected chi connectivity index (χ0v) is 9.64. The van der Waals surface area contributed by atoms with Crippen LogP contribution in [-0.2, 0) is 7.05 Å². The Labute approximate surface area is 95.0 Å². The van der Waals surface area contributed by atoms with Gasteiger partial charge in [0.2, 0.25) is 0 Å². The molecule has 1 aliphatic rings. The number of fused-ring (bicyclic) bond motifs is 1. The van der Waals surface area contributed by atoms with Crippen molar-refractivity contribution in [2.45, 2.75) is 6.42 Å². The minimum atomic E-state index is 1.03. The lowest BCUT2D eigenvalue weighted by Crippen LogP contribution is -2.04. The van der Waals surface area contributed by atoms with Crippen LogP contribution in [0.5, 0.6) is 0 Å². The molecule has 1 aromatic carbocycles. The molecule has 0 N–H and O–H groups in total. The van der Waals surface area contributed by atoms with Gasteiger partial charge in [-0.2, -0.15) is 5.10 Å². The summed E-state index contributed by atoms with van der Waals surface area (Å²) in [4.78, 5) is 0. The van der Waals surface area contributed by atoms with E-state index in [0.29, 0.717) is 0 Å². The van der Waals surface area contributed by atoms with Crippen molar-refractivity contribution in [3.63, 3.8) is 0 Å². The number of aryl methyl sites for hydroxylation is 1. The van der Waals surface area contributed by atoms with Crippen molar-refractivity contribution >= 4 is 16.6 Å². The predicted octanol–water partition coefficient (Wildman–Crippen LogP) is 2.22. The molecule has 16 heavy (non-hydrogen) atoms. The van der Waals surface area contributed by atoms with Gasteiger partial charge in [0, 0.05) is 49.7 Å². The summed E-state index contributed by atoms with van der Waals surface area (Å²) < 4.78 is 2.17. The molecule has 1 aliphatic heterocycles. The minimum absolute atomic E-state index is 1.03. The average Bonchev–Trinajstić information content (AvgIpc) is 2.84. The highest BCUT2D eigenvalue weighted by atomic mass is 15.5. The quantitative estimate of drug-likeness (QED) is 0.711. The molecular formula is C13H15N3. The van der Waals surface area contributed by atoms with Crippen LogP contribution in [0.15, 0.2) is 35.6 Å². The average molecular weight is 213 g/mol. The summed E-state index contributed by atoms with van der Waals surface area (Å²) in [5, 5.41) is 7.87. The Balaban J connectivity index is 2.21. The Hall–Kier alpha value is -1.77. The first-order valence-electron chi connectivity index (χ1n) is 5.59. The van der Waals surface area contributed by atoms with Crippen molar-refractivity contribution in [1.29, 1.82) is 0 Å². The Kier molecular flexibility index (Phi) is 1.99. The fourth-order valence-electron chi connectivity index (χ4n) is 2.33. The third kappa shape index (κ3) is 1.32. The highest BCUT2D eigenvalue weighted by Crippen LogP contribution is 2.23. The maximum absolute atomic E-state index is 4.56. The first kappa shape index (κ1) is 9.46. The second-order valence-electron chi connectivity index (χ2n) is 4.35. The van der Waals surface area contributed by atoms with Crippen LogP contribution in [0.3, 0.4) is 0 Å². The van der Waals surface area contributed by atoms with E-state index < -0.39 is 0 Å². The molecule has 1 aromatic heterocycles. The summed E-state index contributed by atoms with van der Waals surface area (Å²) in [6.07, 6.45) is 3.23. The van der Waals surface area contributed by atoms with Crippen molar-refractivity contribution in [3.05, 3.63) is 36.0 Å². The summed E-state index contributed by atoms with van der Waals surface area (Å²) in [6.45, 7) is 1.03. The number of hydrogen-bond donors (Lipinski definition) is 0. The lowest BCUT2D eigenvalue weighted by atomic mass is 10.1. The number of hydrogen-bond acceptors (Lipinski definition) is 2. The summed E-state index contributed by atoms with van der Waals surface area (Å²) in [5.41, 5.74) is 3.76. The molecule has 0 radical (unpaired) electrons. The van der Waals surface area contributed by atoms with Gasteiger partial charge in [-0.15, -0.1) is 0 Å². The fraction of sp³-hybridized carbons (Fsp3) is 0.308. The second-order valence-corrected chi connectivity index (χ2v) is 4.35. The summed E-state index contributed by atoms with van der Waals surface area (Å²) in [6, 6.07) is 8.49. The normalized spacial score (nSPS) is 15.9. The largest absolute Gasteiger partial charge is 0.350 e. The molecule has 0 saturated heterocycles. The van der Waals surface area contributed by atoms with Crippen LogP contribution in [0.2, 0.25) is 0 Å². The fourth-order valence-corrected chi connectivity index (χ4v) is 2.33. The number of rotatable bonds is 1. The first-order chi connectivity index (χ1) is 7.75. The maximum atomic E-state index is 4.56. The number of hydrazone groups is 1. The number of benzene rings is 1. The van der Waals surface area contributed by atoms with Crippen LogP contribution < -0.4 is 0 Å². The lowest BCUT2D eigenvalue weighted by Gasteiger charge is -2.00. The van der Waals surface area contributed by atoms with Crippen LogP contribution in [0.25, 0.3) is 10.9 Å². The Morgan fingerprint density at radius 3 is 2.75 bits per heavy atom. The topological polar surface area (TPSA) is 20.5 Å². The van der Waals surface area contributed by atoms with Crippen LogP contribution >= 0.6 is 0 Å². The lowest BCUT2D eigenvalue weighted by molar-refractivity contribution is 0.393. The van der Waals surface area contributed by atoms with Gasteiger partial charge in [-0.25, -0.2) is 0 Å². The molecule has 0 amide bonds. The molecule has 0 saturated carbocycles. The van der Waals surface area contributed by atoms with Gasteiger partial charge in [-0.05, 0) is 6.07 Å². The Bertz CT molecular complexity index is 566. The molecule has 0 unspecified atom stereocenters. The van der Waals surface area contributed by atoms with Gasteiger partial charge < -0.3 is 4.57 Å². The molecule has 2 aromatic rings. The Morgan fingerprint density at radius 2 is 2.00 bits per heavy atom. The summed E-state index contributed by atoms with van der Waals surface area (Å²) in [5.74, 6) is 0. The first-order valence-corrected chi connectivity index (χ1v) is 5.59. The van der Waals surface area contributed by atoms with E-state index in [1.54, 1.807) is 0 Å². The van der Waals surface area contributed by atoms with E-state index in [1.165, 1.54) is 22.2 Å². The molecule has 3 heteroatoms. The molecule has 2 heterocycles. The third-order valence-corrected chi connectivity index (χ3v) is 3.17. The van der Waals surface area contributed by atoms with E-state index >= 15 is 0 Å². The van der Waals surface area contributed by atoms with Gasteiger partial charge in [0.05, 0.1) is 5.71 Å². The molecule has 0 fully saturated rings. The van der Waals surface area contributed by atoms with E-state index in [1.807, 2.05) is 12.1 Å². The number of aromatic nitrogens is 1. The van der Waals surface area contributed by atoms with Crippen LogP contribution in [0.1, 0.15) is 12.0 Å². The highest BCUT2D eigenvalue weighted by Gasteiger charge is 2.16. The molecule has 0 aliphatic carbocycles. The molecule has 0 atom stereocenters. The van der Waals surface area contributed by atoms with E-state index in [0.717, 1.165) is 13.0 Å². The summed E-state index contributed by atoms with van der Waals surface area (Å²) >= 11 is 0. The summed E-state index contributed by atoms with van der Waals surface area (Å²) in [7, 11) is 4.11. The number of nitrogens with zero attached hydrogens (tertiary/aromatic N) is 3. The molecule has 3 nitrogen and oxygen atoms in total. The van der Waals surface area contributed by atoms with E-state index in [4.69, 9.17) is 0 Å². The predicted molar refractivity (Wildman–Crippen MR) is 66.7 cm³/mol. The van der Waals surface area contributed by atoms with Crippen molar-refractivity contribution in [1.82, 2.24) is 9.58 Å².